The summed E-state index contributed by atoms with van der Waals surface area (Å²) in [5.41, 5.74) is 22.8. The van der Waals surface area contributed by atoms with Crippen molar-refractivity contribution in [2.45, 2.75) is 176 Å². The summed E-state index contributed by atoms with van der Waals surface area (Å²) in [6.45, 7) is 25.4. The van der Waals surface area contributed by atoms with Crippen LogP contribution in [-0.4, -0.2) is 152 Å². The molecular formula is C101H115Br2N11O12S. The van der Waals surface area contributed by atoms with Crippen LogP contribution in [0.15, 0.2) is 179 Å². The van der Waals surface area contributed by atoms with Crippen LogP contribution in [0.4, 0.5) is 38.9 Å². The van der Waals surface area contributed by atoms with Crippen molar-refractivity contribution in [3.05, 3.63) is 218 Å². The first kappa shape index (κ1) is 93.3. The van der Waals surface area contributed by atoms with Gasteiger partial charge in [-0.2, -0.15) is 0 Å². The molecule has 666 valence electrons. The highest BCUT2D eigenvalue weighted by Crippen LogP contribution is 2.50. The summed E-state index contributed by atoms with van der Waals surface area (Å²) < 4.78 is 32.3. The minimum atomic E-state index is -0.532. The number of nitrogens with two attached hydrogens (primary N) is 1. The molecule has 0 radical (unpaired) electrons. The number of thiophene rings is 1. The number of rotatable bonds is 18. The minimum Gasteiger partial charge on any atom is -0.462 e. The van der Waals surface area contributed by atoms with E-state index >= 15 is 0 Å². The number of ether oxygens (including phenoxy) is 6. The number of nitrogens with zero attached hydrogens (tertiary/aromatic N) is 9. The van der Waals surface area contributed by atoms with Crippen molar-refractivity contribution in [1.29, 1.82) is 0 Å². The molecule has 23 nitrogen and oxygen atoms in total. The van der Waals surface area contributed by atoms with E-state index in [4.69, 9.17) is 34.2 Å². The van der Waals surface area contributed by atoms with E-state index in [-0.39, 0.29) is 29.8 Å². The summed E-state index contributed by atoms with van der Waals surface area (Å²) in [5, 5.41) is 9.60. The molecule has 6 fully saturated rings. The molecule has 0 atom stereocenters. The summed E-state index contributed by atoms with van der Waals surface area (Å²) in [5.74, 6) is -0.293. The van der Waals surface area contributed by atoms with Crippen molar-refractivity contribution < 1.29 is 57.2 Å². The number of pyridine rings is 5. The minimum absolute atomic E-state index is 0.292. The van der Waals surface area contributed by atoms with Crippen LogP contribution in [0.25, 0.3) is 65.0 Å². The maximum atomic E-state index is 12.0. The summed E-state index contributed by atoms with van der Waals surface area (Å²) in [6, 6.07) is 43.7. The molecule has 12 aromatic rings. The van der Waals surface area contributed by atoms with Gasteiger partial charge in [0, 0.05) is 148 Å². The van der Waals surface area contributed by atoms with E-state index in [9.17, 15) is 28.8 Å². The number of piperidine rings is 4. The molecule has 4 saturated heterocycles. The summed E-state index contributed by atoms with van der Waals surface area (Å²) >= 11 is 8.71. The largest absolute Gasteiger partial charge is 0.462 e. The second-order valence-corrected chi connectivity index (χ2v) is 35.8. The Balaban J connectivity index is 0.000000131. The van der Waals surface area contributed by atoms with Crippen LogP contribution in [0.5, 0.6) is 0 Å². The molecule has 3 N–H and O–H groups in total. The average Bonchev–Trinajstić information content (AvgIpc) is 1.69. The summed E-state index contributed by atoms with van der Waals surface area (Å²) in [7, 11) is 0. The molecule has 2 aliphatic carbocycles. The Bertz CT molecular complexity index is 5710. The van der Waals surface area contributed by atoms with Gasteiger partial charge in [-0.3, -0.25) is 30.2 Å². The van der Waals surface area contributed by atoms with Gasteiger partial charge in [0.1, 0.15) is 5.60 Å². The second-order valence-electron chi connectivity index (χ2n) is 33.2. The lowest BCUT2D eigenvalue weighted by atomic mass is 10.00. The predicted molar refractivity (Wildman–Crippen MR) is 516 cm³/mol. The Labute approximate surface area is 764 Å². The van der Waals surface area contributed by atoms with Gasteiger partial charge in [0.2, 0.25) is 0 Å². The summed E-state index contributed by atoms with van der Waals surface area (Å²) in [4.78, 5) is 104. The number of aromatic nitrogens is 5. The van der Waals surface area contributed by atoms with Gasteiger partial charge < -0.3 is 53.8 Å². The zero-order valence-corrected chi connectivity index (χ0v) is 78.0. The molecule has 0 bridgehead atoms. The number of esters is 5. The number of halogens is 2. The molecule has 18 rings (SSSR count). The zero-order chi connectivity index (χ0) is 89.5. The fourth-order valence-corrected chi connectivity index (χ4v) is 18.0. The Morgan fingerprint density at radius 2 is 0.787 bits per heavy atom. The Morgan fingerprint density at radius 3 is 1.19 bits per heavy atom. The number of benzene rings is 6. The standard InChI is InChI=1S/2C20H24N2O2.C17H19BrN2O2.C17H20N2O2.C15H18N2O2S.C12H10BrNO2/c2*1-2-24-20(23)16-12-15-8-9-17(22-10-4-3-5-11-22)18(14-6-7-14)19(15)21-13-16;1-2-22-17(21)13-10-12-6-7-14(15(18)16(12)19-11-13)20-8-4-3-5-9-20;1-2-21-17(20)14-10-13-6-7-15(11-16(13)18-12-14)19-8-4-3-5-9-19;1-15(2,3)19-14(18)17-12-7-6-10(9-11(12)16)13-5-4-8-20-13;1-2-16-12(15)9-5-8-3-4-10(13)6-11(8)14-7-9/h2*8-9,12-14H,2-7,10-11H2,1H3;6-7,10-11H,2-5,8-9H2,1H3;6-7,10-12H,2-5,8-9H2,1H3;4-9H,16H2,1-3H3,(H,17,18);3-7H,2H2,1H3. The Hall–Kier alpha value is -11.4. The van der Waals surface area contributed by atoms with Crippen LogP contribution in [0, 0.1) is 0 Å². The number of carbonyl (C=O) groups is 6. The van der Waals surface area contributed by atoms with Crippen LogP contribution in [-0.2, 0) is 28.4 Å². The lowest BCUT2D eigenvalue weighted by Gasteiger charge is -2.31. The number of hydrogen-bond donors (Lipinski definition) is 2. The second kappa shape index (κ2) is 44.9. The molecule has 1 amide bonds. The fourth-order valence-electron chi connectivity index (χ4n) is 16.2. The molecule has 6 aromatic carbocycles. The molecule has 10 heterocycles. The van der Waals surface area contributed by atoms with Gasteiger partial charge in [0.25, 0.3) is 0 Å². The third kappa shape index (κ3) is 25.1. The van der Waals surface area contributed by atoms with Gasteiger partial charge in [-0.1, -0.05) is 58.4 Å². The third-order valence-corrected chi connectivity index (χ3v) is 24.8. The van der Waals surface area contributed by atoms with Crippen molar-refractivity contribution >= 4 is 168 Å². The number of fused-ring (bicyclic) bond motifs is 5. The zero-order valence-electron chi connectivity index (χ0n) is 74.0. The van der Waals surface area contributed by atoms with E-state index in [2.05, 4.69) is 124 Å². The number of anilines is 6. The molecule has 0 unspecified atom stereocenters. The van der Waals surface area contributed by atoms with E-state index < -0.39 is 11.7 Å². The van der Waals surface area contributed by atoms with Crippen LogP contribution >= 0.6 is 43.2 Å². The topological polar surface area (TPSA) is 273 Å². The van der Waals surface area contributed by atoms with Gasteiger partial charge in [-0.05, 0) is 288 Å². The van der Waals surface area contributed by atoms with E-state index in [0.29, 0.717) is 84.1 Å². The number of carbonyl (C=O) groups excluding carboxylic acids is 6. The van der Waals surface area contributed by atoms with Crippen molar-refractivity contribution in [2.75, 3.05) is 116 Å². The number of hydrogen-bond acceptors (Lipinski definition) is 23. The molecule has 0 spiro atoms. The maximum absolute atomic E-state index is 12.0. The van der Waals surface area contributed by atoms with Gasteiger partial charge in [-0.25, -0.2) is 28.8 Å². The first-order valence-electron chi connectivity index (χ1n) is 44.8. The number of nitrogen functional groups attached to an aromatic ring is 1. The highest BCUT2D eigenvalue weighted by atomic mass is 79.9. The molecule has 6 aliphatic rings. The highest BCUT2D eigenvalue weighted by molar-refractivity contribution is 9.11. The fraction of sp³-hybridized carbons (Fsp3) is 0.396. The van der Waals surface area contributed by atoms with Gasteiger partial charge in [-0.15, -0.1) is 11.3 Å². The molecule has 26 heteroatoms. The Morgan fingerprint density at radius 1 is 0.417 bits per heavy atom. The number of amides is 1. The molecule has 127 heavy (non-hydrogen) atoms. The Kier molecular flexibility index (Phi) is 33.0. The molecular weight excluding hydrogens is 1750 g/mol. The van der Waals surface area contributed by atoms with Crippen LogP contribution in [0.1, 0.15) is 233 Å². The number of nitrogens with one attached hydrogen (secondary N) is 1. The third-order valence-electron chi connectivity index (χ3n) is 22.7. The smallest absolute Gasteiger partial charge is 0.412 e. The predicted octanol–water partition coefficient (Wildman–Crippen LogP) is 23.6. The first-order chi connectivity index (χ1) is 61.6. The SMILES string of the molecule is CC(C)(C)OC(=O)Nc1ccc(-c2cccs2)cc1N.CCOC(=O)c1cnc2c(Br)c(N3CCCCC3)ccc2c1.CCOC(=O)c1cnc2c(C3CC3)c(N3CCCCC3)ccc2c1.CCOC(=O)c1cnc2c(C3CC3)c(N3CCCCC3)ccc2c1.CCOC(=O)c1cnc2cc(Br)ccc2c1.CCOC(=O)c1cnc2cc(N3CCCCC3)ccc2c1. The highest BCUT2D eigenvalue weighted by Gasteiger charge is 2.33. The van der Waals surface area contributed by atoms with E-state index in [1.54, 1.807) is 69.0 Å². The van der Waals surface area contributed by atoms with Crippen LogP contribution in [0.2, 0.25) is 0 Å². The molecule has 6 aromatic heterocycles. The lowest BCUT2D eigenvalue weighted by Crippen LogP contribution is -2.30. The maximum Gasteiger partial charge on any atom is 0.412 e. The van der Waals surface area contributed by atoms with E-state index in [0.717, 1.165) is 126 Å². The summed E-state index contributed by atoms with van der Waals surface area (Å²) in [6.07, 6.45) is 28.0. The molecule has 2 saturated carbocycles. The van der Waals surface area contributed by atoms with E-state index in [1.165, 1.54) is 143 Å². The lowest BCUT2D eigenvalue weighted by molar-refractivity contribution is 0.0516. The van der Waals surface area contributed by atoms with Crippen LogP contribution in [0.3, 0.4) is 0 Å². The van der Waals surface area contributed by atoms with Crippen molar-refractivity contribution in [3.8, 4) is 10.4 Å². The van der Waals surface area contributed by atoms with Crippen LogP contribution < -0.4 is 30.7 Å². The van der Waals surface area contributed by atoms with Crippen molar-refractivity contribution in [3.63, 3.8) is 0 Å². The van der Waals surface area contributed by atoms with Gasteiger partial charge >= 0.3 is 35.9 Å². The van der Waals surface area contributed by atoms with E-state index in [1.807, 2.05) is 119 Å². The molecule has 4 aliphatic heterocycles. The van der Waals surface area contributed by atoms with Crippen molar-refractivity contribution in [1.82, 2.24) is 24.9 Å². The van der Waals surface area contributed by atoms with Crippen molar-refractivity contribution in [2.24, 2.45) is 0 Å². The normalized spacial score (nSPS) is 15.0. The average molecular weight is 1870 g/mol. The quantitative estimate of drug-likeness (QED) is 0.0459. The monoisotopic (exact) mass is 1860 g/mol. The first-order valence-corrected chi connectivity index (χ1v) is 47.2. The van der Waals surface area contributed by atoms with Gasteiger partial charge in [0.05, 0.1) is 110 Å². The van der Waals surface area contributed by atoms with Gasteiger partial charge in [0.15, 0.2) is 0 Å².